The highest BCUT2D eigenvalue weighted by Crippen LogP contribution is 2.23. The average molecular weight is 266 g/mol. The number of nitrogens with one attached hydrogen (secondary N) is 1. The second-order valence-electron chi connectivity index (χ2n) is 4.85. The Morgan fingerprint density at radius 1 is 0.950 bits per heavy atom. The van der Waals surface area contributed by atoms with Crippen LogP contribution in [-0.4, -0.2) is 6.21 Å². The van der Waals surface area contributed by atoms with Gasteiger partial charge in [-0.2, -0.15) is 0 Å². The minimum Gasteiger partial charge on any atom is -0.366 e. The first-order chi connectivity index (χ1) is 9.72. The summed E-state index contributed by atoms with van der Waals surface area (Å²) >= 11 is 0. The van der Waals surface area contributed by atoms with Crippen LogP contribution in [0.5, 0.6) is 0 Å². The number of hydrogen-bond donors (Lipinski definition) is 1. The molecule has 0 aliphatic carbocycles. The second-order valence-corrected chi connectivity index (χ2v) is 4.85. The molecule has 0 spiro atoms. The zero-order chi connectivity index (χ0) is 14.5. The van der Waals surface area contributed by atoms with E-state index in [4.69, 9.17) is 0 Å². The van der Waals surface area contributed by atoms with Crippen LogP contribution in [0.4, 0.5) is 0 Å². The summed E-state index contributed by atoms with van der Waals surface area (Å²) in [5, 5.41) is 5.85. The average Bonchev–Trinajstić information content (AvgIpc) is 2.49. The van der Waals surface area contributed by atoms with Crippen LogP contribution < -0.4 is 5.32 Å². The zero-order valence-corrected chi connectivity index (χ0v) is 12.6. The van der Waals surface area contributed by atoms with E-state index in [0.29, 0.717) is 0 Å². The molecule has 1 unspecified atom stereocenters. The minimum absolute atomic E-state index is 0.0411. The summed E-state index contributed by atoms with van der Waals surface area (Å²) in [7, 11) is 0. The van der Waals surface area contributed by atoms with Crippen molar-refractivity contribution < 1.29 is 0 Å². The van der Waals surface area contributed by atoms with Gasteiger partial charge in [-0.1, -0.05) is 49.7 Å². The molecule has 0 fully saturated rings. The summed E-state index contributed by atoms with van der Waals surface area (Å²) in [5.74, 6) is 0. The smallest absolute Gasteiger partial charge is 0.144 e. The molecule has 0 bridgehead atoms. The summed E-state index contributed by atoms with van der Waals surface area (Å²) in [5.41, 5.74) is 3.65. The van der Waals surface area contributed by atoms with Gasteiger partial charge in [-0.3, -0.25) is 4.99 Å². The molecule has 0 aromatic heterocycles. The fourth-order valence-electron chi connectivity index (χ4n) is 2.22. The van der Waals surface area contributed by atoms with Crippen molar-refractivity contribution in [2.24, 2.45) is 4.99 Å². The van der Waals surface area contributed by atoms with Gasteiger partial charge in [0.15, 0.2) is 0 Å². The number of aliphatic imine (C=N–C) groups is 1. The molecule has 2 heteroatoms. The first-order valence-electron chi connectivity index (χ1n) is 7.19. The summed E-state index contributed by atoms with van der Waals surface area (Å²) in [6.45, 7) is 8.16. The van der Waals surface area contributed by atoms with Crippen LogP contribution in [0, 0.1) is 6.92 Å². The number of aryl methyl sites for hydroxylation is 1. The van der Waals surface area contributed by atoms with E-state index in [1.54, 1.807) is 0 Å². The fraction of sp³-hybridized carbons (Fsp3) is 0.278. The fourth-order valence-corrected chi connectivity index (χ4v) is 2.22. The standard InChI is InChI=1S/C16H16N2.C2H6/c1-11-3-4-14-8-15(6-5-13(14)7-11)16-17-9-12(2)10-18-16;1-2/h3-10,16-17H,1-2H3;1-2H3. The summed E-state index contributed by atoms with van der Waals surface area (Å²) in [6.07, 6.45) is 3.97. The predicted molar refractivity (Wildman–Crippen MR) is 88.2 cm³/mol. The molecule has 1 atom stereocenters. The Balaban J connectivity index is 0.000000704. The third-order valence-electron chi connectivity index (χ3n) is 3.23. The van der Waals surface area contributed by atoms with Crippen molar-refractivity contribution in [3.05, 3.63) is 59.3 Å². The second kappa shape index (κ2) is 6.38. The first kappa shape index (κ1) is 14.3. The number of benzene rings is 2. The van der Waals surface area contributed by atoms with Gasteiger partial charge in [0.05, 0.1) is 0 Å². The Labute approximate surface area is 121 Å². The summed E-state index contributed by atoms with van der Waals surface area (Å²) in [4.78, 5) is 4.50. The van der Waals surface area contributed by atoms with E-state index in [2.05, 4.69) is 53.6 Å². The Bertz CT molecular complexity index is 654. The van der Waals surface area contributed by atoms with Crippen molar-refractivity contribution in [1.29, 1.82) is 0 Å². The Morgan fingerprint density at radius 3 is 2.35 bits per heavy atom. The molecule has 2 aromatic rings. The van der Waals surface area contributed by atoms with Crippen molar-refractivity contribution >= 4 is 17.0 Å². The van der Waals surface area contributed by atoms with Gasteiger partial charge in [-0.25, -0.2) is 0 Å². The Morgan fingerprint density at radius 2 is 1.65 bits per heavy atom. The molecule has 1 heterocycles. The zero-order valence-electron chi connectivity index (χ0n) is 12.6. The molecule has 2 aromatic carbocycles. The lowest BCUT2D eigenvalue weighted by Gasteiger charge is -2.17. The maximum atomic E-state index is 4.50. The number of fused-ring (bicyclic) bond motifs is 1. The third kappa shape index (κ3) is 3.08. The van der Waals surface area contributed by atoms with Crippen LogP contribution in [0.25, 0.3) is 10.8 Å². The molecule has 20 heavy (non-hydrogen) atoms. The Hall–Kier alpha value is -2.09. The van der Waals surface area contributed by atoms with Crippen LogP contribution >= 0.6 is 0 Å². The number of nitrogens with zero attached hydrogens (tertiary/aromatic N) is 1. The van der Waals surface area contributed by atoms with Crippen LogP contribution in [0.3, 0.4) is 0 Å². The van der Waals surface area contributed by atoms with E-state index < -0.39 is 0 Å². The normalized spacial score (nSPS) is 17.0. The largest absolute Gasteiger partial charge is 0.366 e. The number of allylic oxidation sites excluding steroid dienone is 1. The van der Waals surface area contributed by atoms with Gasteiger partial charge < -0.3 is 5.32 Å². The van der Waals surface area contributed by atoms with Gasteiger partial charge in [-0.05, 0) is 41.8 Å². The molecule has 1 N–H and O–H groups in total. The van der Waals surface area contributed by atoms with E-state index in [1.807, 2.05) is 33.2 Å². The van der Waals surface area contributed by atoms with Crippen molar-refractivity contribution in [3.8, 4) is 0 Å². The Kier molecular flexibility index (Phi) is 4.57. The number of rotatable bonds is 1. The van der Waals surface area contributed by atoms with Gasteiger partial charge in [0.2, 0.25) is 0 Å². The first-order valence-corrected chi connectivity index (χ1v) is 7.19. The summed E-state index contributed by atoms with van der Waals surface area (Å²) in [6, 6.07) is 13.0. The van der Waals surface area contributed by atoms with Crippen LogP contribution in [0.1, 0.15) is 38.1 Å². The number of hydrogen-bond acceptors (Lipinski definition) is 2. The van der Waals surface area contributed by atoms with E-state index in [-0.39, 0.29) is 6.17 Å². The predicted octanol–water partition coefficient (Wildman–Crippen LogP) is 4.75. The lowest BCUT2D eigenvalue weighted by atomic mass is 10.0. The highest BCUT2D eigenvalue weighted by molar-refractivity contribution is 5.84. The molecule has 104 valence electrons. The van der Waals surface area contributed by atoms with Gasteiger partial charge in [0.1, 0.15) is 6.17 Å². The molecular formula is C18H22N2. The molecule has 0 saturated heterocycles. The molecule has 0 amide bonds. The van der Waals surface area contributed by atoms with Crippen molar-refractivity contribution in [3.63, 3.8) is 0 Å². The topological polar surface area (TPSA) is 24.4 Å². The van der Waals surface area contributed by atoms with Crippen molar-refractivity contribution in [2.45, 2.75) is 33.9 Å². The van der Waals surface area contributed by atoms with Gasteiger partial charge in [0.25, 0.3) is 0 Å². The van der Waals surface area contributed by atoms with Gasteiger partial charge in [-0.15, -0.1) is 0 Å². The third-order valence-corrected chi connectivity index (χ3v) is 3.23. The van der Waals surface area contributed by atoms with Crippen LogP contribution in [0.2, 0.25) is 0 Å². The van der Waals surface area contributed by atoms with Crippen molar-refractivity contribution in [1.82, 2.24) is 5.32 Å². The lowest BCUT2D eigenvalue weighted by molar-refractivity contribution is 0.649. The summed E-state index contributed by atoms with van der Waals surface area (Å²) < 4.78 is 0. The molecule has 2 nitrogen and oxygen atoms in total. The molecule has 3 rings (SSSR count). The quantitative estimate of drug-likeness (QED) is 0.791. The van der Waals surface area contributed by atoms with Crippen LogP contribution in [0.15, 0.2) is 53.2 Å². The molecule has 1 aliphatic rings. The van der Waals surface area contributed by atoms with E-state index in [9.17, 15) is 0 Å². The minimum atomic E-state index is 0.0411. The van der Waals surface area contributed by atoms with E-state index in [0.717, 1.165) is 5.57 Å². The SMILES string of the molecule is CC.CC1=CNC(c2ccc3cc(C)ccc3c2)N=C1. The monoisotopic (exact) mass is 266 g/mol. The maximum Gasteiger partial charge on any atom is 0.144 e. The molecular weight excluding hydrogens is 244 g/mol. The van der Waals surface area contributed by atoms with E-state index >= 15 is 0 Å². The molecule has 1 aliphatic heterocycles. The lowest BCUT2D eigenvalue weighted by Crippen LogP contribution is -2.17. The van der Waals surface area contributed by atoms with Gasteiger partial charge >= 0.3 is 0 Å². The maximum absolute atomic E-state index is 4.50. The molecule has 0 radical (unpaired) electrons. The van der Waals surface area contributed by atoms with E-state index in [1.165, 1.54) is 21.9 Å². The van der Waals surface area contributed by atoms with Crippen LogP contribution in [-0.2, 0) is 0 Å². The highest BCUT2D eigenvalue weighted by atomic mass is 15.1. The van der Waals surface area contributed by atoms with Gasteiger partial charge in [0, 0.05) is 12.4 Å². The molecule has 0 saturated carbocycles. The highest BCUT2D eigenvalue weighted by Gasteiger charge is 2.10. The van der Waals surface area contributed by atoms with Crippen molar-refractivity contribution in [2.75, 3.05) is 0 Å².